The van der Waals surface area contributed by atoms with E-state index in [0.29, 0.717) is 21.3 Å². The summed E-state index contributed by atoms with van der Waals surface area (Å²) in [7, 11) is 0. The molecular formula is C15H8Cl2FN3O2. The normalized spacial score (nSPS) is 10.6. The van der Waals surface area contributed by atoms with Gasteiger partial charge in [-0.2, -0.15) is 0 Å². The molecule has 8 heteroatoms. The van der Waals surface area contributed by atoms with Crippen molar-refractivity contribution in [2.45, 2.75) is 0 Å². The van der Waals surface area contributed by atoms with E-state index in [-0.39, 0.29) is 11.6 Å². The SMILES string of the molecule is O=C(Nc1ncco1)c1cc(-c2ccc(Cl)c(Cl)c2)ncc1F. The van der Waals surface area contributed by atoms with E-state index in [4.69, 9.17) is 27.6 Å². The Morgan fingerprint density at radius 3 is 2.70 bits per heavy atom. The second-order valence-corrected chi connectivity index (χ2v) is 5.28. The molecule has 1 N–H and O–H groups in total. The zero-order valence-electron chi connectivity index (χ0n) is 11.4. The van der Waals surface area contributed by atoms with Gasteiger partial charge in [0.15, 0.2) is 5.82 Å². The second kappa shape index (κ2) is 6.36. The average Bonchev–Trinajstić information content (AvgIpc) is 3.03. The number of carbonyl (C=O) groups is 1. The van der Waals surface area contributed by atoms with Crippen LogP contribution in [-0.4, -0.2) is 15.9 Å². The Kier molecular flexibility index (Phi) is 4.27. The molecule has 0 saturated carbocycles. The molecular weight excluding hydrogens is 344 g/mol. The summed E-state index contributed by atoms with van der Waals surface area (Å²) in [5.74, 6) is -1.47. The number of nitrogens with zero attached hydrogens (tertiary/aromatic N) is 2. The van der Waals surface area contributed by atoms with Crippen LogP contribution in [0, 0.1) is 5.82 Å². The lowest BCUT2D eigenvalue weighted by molar-refractivity contribution is 0.102. The molecule has 0 unspecified atom stereocenters. The zero-order valence-corrected chi connectivity index (χ0v) is 12.9. The lowest BCUT2D eigenvalue weighted by atomic mass is 10.1. The van der Waals surface area contributed by atoms with E-state index < -0.39 is 11.7 Å². The van der Waals surface area contributed by atoms with E-state index in [1.807, 2.05) is 0 Å². The van der Waals surface area contributed by atoms with Crippen LogP contribution in [0.3, 0.4) is 0 Å². The van der Waals surface area contributed by atoms with Crippen molar-refractivity contribution in [1.82, 2.24) is 9.97 Å². The first-order valence-electron chi connectivity index (χ1n) is 6.36. The van der Waals surface area contributed by atoms with E-state index in [2.05, 4.69) is 15.3 Å². The molecule has 116 valence electrons. The Morgan fingerprint density at radius 1 is 1.17 bits per heavy atom. The summed E-state index contributed by atoms with van der Waals surface area (Å²) in [6.45, 7) is 0. The van der Waals surface area contributed by atoms with Crippen LogP contribution in [0.5, 0.6) is 0 Å². The minimum Gasteiger partial charge on any atom is -0.432 e. The molecule has 2 heterocycles. The van der Waals surface area contributed by atoms with E-state index in [0.717, 1.165) is 6.20 Å². The van der Waals surface area contributed by atoms with Gasteiger partial charge in [0.25, 0.3) is 5.91 Å². The monoisotopic (exact) mass is 351 g/mol. The highest BCUT2D eigenvalue weighted by atomic mass is 35.5. The molecule has 2 aromatic heterocycles. The lowest BCUT2D eigenvalue weighted by Gasteiger charge is -2.07. The Bertz CT molecular complexity index is 869. The topological polar surface area (TPSA) is 68.0 Å². The summed E-state index contributed by atoms with van der Waals surface area (Å²) in [5.41, 5.74) is 0.784. The third kappa shape index (κ3) is 3.33. The summed E-state index contributed by atoms with van der Waals surface area (Å²) < 4.78 is 18.8. The third-order valence-corrected chi connectivity index (χ3v) is 3.71. The second-order valence-electron chi connectivity index (χ2n) is 4.47. The lowest BCUT2D eigenvalue weighted by Crippen LogP contribution is -2.14. The quantitative estimate of drug-likeness (QED) is 0.757. The van der Waals surface area contributed by atoms with Crippen molar-refractivity contribution in [3.63, 3.8) is 0 Å². The summed E-state index contributed by atoms with van der Waals surface area (Å²) >= 11 is 11.8. The van der Waals surface area contributed by atoms with Gasteiger partial charge >= 0.3 is 6.01 Å². The molecule has 0 saturated heterocycles. The Morgan fingerprint density at radius 2 is 2.00 bits per heavy atom. The highest BCUT2D eigenvalue weighted by molar-refractivity contribution is 6.42. The summed E-state index contributed by atoms with van der Waals surface area (Å²) in [4.78, 5) is 19.8. The Balaban J connectivity index is 1.95. The third-order valence-electron chi connectivity index (χ3n) is 2.97. The highest BCUT2D eigenvalue weighted by Crippen LogP contribution is 2.28. The number of benzene rings is 1. The first kappa shape index (κ1) is 15.5. The Labute approximate surface area is 140 Å². The van der Waals surface area contributed by atoms with Crippen molar-refractivity contribution >= 4 is 35.1 Å². The molecule has 5 nitrogen and oxygen atoms in total. The molecule has 0 radical (unpaired) electrons. The van der Waals surface area contributed by atoms with Gasteiger partial charge in [-0.05, 0) is 18.2 Å². The number of carbonyl (C=O) groups excluding carboxylic acids is 1. The molecule has 0 aliphatic carbocycles. The molecule has 3 aromatic rings. The summed E-state index contributed by atoms with van der Waals surface area (Å²) in [6.07, 6.45) is 3.61. The van der Waals surface area contributed by atoms with Gasteiger partial charge in [0.05, 0.1) is 33.7 Å². The fourth-order valence-electron chi connectivity index (χ4n) is 1.88. The number of hydrogen-bond acceptors (Lipinski definition) is 4. The van der Waals surface area contributed by atoms with Crippen LogP contribution in [0.4, 0.5) is 10.4 Å². The first-order chi connectivity index (χ1) is 11.0. The van der Waals surface area contributed by atoms with Crippen molar-refractivity contribution in [2.24, 2.45) is 0 Å². The fourth-order valence-corrected chi connectivity index (χ4v) is 2.17. The number of amides is 1. The van der Waals surface area contributed by atoms with E-state index in [1.54, 1.807) is 18.2 Å². The average molecular weight is 352 g/mol. The van der Waals surface area contributed by atoms with Crippen LogP contribution >= 0.6 is 23.2 Å². The van der Waals surface area contributed by atoms with Gasteiger partial charge in [-0.15, -0.1) is 0 Å². The van der Waals surface area contributed by atoms with Gasteiger partial charge in [-0.25, -0.2) is 9.37 Å². The Hall–Kier alpha value is -2.44. The molecule has 0 aliphatic rings. The van der Waals surface area contributed by atoms with Gasteiger partial charge in [0.2, 0.25) is 0 Å². The molecule has 0 fully saturated rings. The maximum Gasteiger partial charge on any atom is 0.301 e. The molecule has 1 aromatic carbocycles. The van der Waals surface area contributed by atoms with E-state index in [1.165, 1.54) is 18.5 Å². The van der Waals surface area contributed by atoms with Gasteiger partial charge in [0, 0.05) is 5.56 Å². The fraction of sp³-hybridized carbons (Fsp3) is 0. The number of halogens is 3. The predicted octanol–water partition coefficient (Wildman–Crippen LogP) is 4.43. The molecule has 0 bridgehead atoms. The minimum absolute atomic E-state index is 0.0256. The van der Waals surface area contributed by atoms with Crippen LogP contribution < -0.4 is 5.32 Å². The number of rotatable bonds is 3. The standard InChI is InChI=1S/C15H8Cl2FN3O2/c16-10-2-1-8(5-11(10)17)13-6-9(12(18)7-20-13)14(22)21-15-19-3-4-23-15/h1-7H,(H,19,21,22). The minimum atomic E-state index is -0.766. The van der Waals surface area contributed by atoms with Gasteiger partial charge in [-0.3, -0.25) is 15.1 Å². The number of aromatic nitrogens is 2. The molecule has 0 spiro atoms. The van der Waals surface area contributed by atoms with Gasteiger partial charge < -0.3 is 4.42 Å². The van der Waals surface area contributed by atoms with Crippen molar-refractivity contribution in [2.75, 3.05) is 5.32 Å². The van der Waals surface area contributed by atoms with Crippen molar-refractivity contribution < 1.29 is 13.6 Å². The van der Waals surface area contributed by atoms with Gasteiger partial charge in [-0.1, -0.05) is 29.3 Å². The number of nitrogens with one attached hydrogen (secondary N) is 1. The smallest absolute Gasteiger partial charge is 0.301 e. The number of hydrogen-bond donors (Lipinski definition) is 1. The van der Waals surface area contributed by atoms with Crippen molar-refractivity contribution in [3.05, 3.63) is 64.3 Å². The molecule has 1 amide bonds. The van der Waals surface area contributed by atoms with Crippen molar-refractivity contribution in [3.8, 4) is 11.3 Å². The maximum absolute atomic E-state index is 13.9. The van der Waals surface area contributed by atoms with Crippen LogP contribution in [0.1, 0.15) is 10.4 Å². The number of oxazole rings is 1. The first-order valence-corrected chi connectivity index (χ1v) is 7.12. The molecule has 0 aliphatic heterocycles. The largest absolute Gasteiger partial charge is 0.432 e. The number of pyridine rings is 1. The van der Waals surface area contributed by atoms with Crippen LogP contribution in [0.25, 0.3) is 11.3 Å². The molecule has 3 rings (SSSR count). The zero-order chi connectivity index (χ0) is 16.4. The maximum atomic E-state index is 13.9. The number of anilines is 1. The summed E-state index contributed by atoms with van der Waals surface area (Å²) in [5, 5.41) is 3.07. The van der Waals surface area contributed by atoms with Crippen molar-refractivity contribution in [1.29, 1.82) is 0 Å². The molecule has 0 atom stereocenters. The molecule has 23 heavy (non-hydrogen) atoms. The van der Waals surface area contributed by atoms with Crippen LogP contribution in [0.15, 0.2) is 47.3 Å². The van der Waals surface area contributed by atoms with E-state index >= 15 is 0 Å². The predicted molar refractivity (Wildman–Crippen MR) is 84.1 cm³/mol. The van der Waals surface area contributed by atoms with E-state index in [9.17, 15) is 9.18 Å². The van der Waals surface area contributed by atoms with Crippen LogP contribution in [-0.2, 0) is 0 Å². The van der Waals surface area contributed by atoms with Crippen LogP contribution in [0.2, 0.25) is 10.0 Å². The summed E-state index contributed by atoms with van der Waals surface area (Å²) in [6, 6.07) is 6.14. The van der Waals surface area contributed by atoms with Gasteiger partial charge in [0.1, 0.15) is 6.26 Å². The highest BCUT2D eigenvalue weighted by Gasteiger charge is 2.16.